The number of carbonyl (C=O) groups excluding carboxylic acids is 2. The molecule has 1 aliphatic carbocycles. The first-order chi connectivity index (χ1) is 12.1. The van der Waals surface area contributed by atoms with E-state index in [4.69, 9.17) is 5.73 Å². The number of nitrogens with zero attached hydrogens (tertiary/aromatic N) is 1. The summed E-state index contributed by atoms with van der Waals surface area (Å²) in [5.74, 6) is -1.26. The number of amides is 2. The van der Waals surface area contributed by atoms with E-state index >= 15 is 0 Å². The SMILES string of the molecule is NC(=O)C1(NC(=O)c2ccc3[nH]c(=O)n(CC(F)(F)F)c3c2)CCCC1. The van der Waals surface area contributed by atoms with Crippen LogP contribution in [0.1, 0.15) is 36.0 Å². The van der Waals surface area contributed by atoms with E-state index in [0.717, 1.165) is 12.8 Å². The summed E-state index contributed by atoms with van der Waals surface area (Å²) in [6.07, 6.45) is -2.27. The number of imidazole rings is 1. The Labute approximate surface area is 145 Å². The van der Waals surface area contributed by atoms with Gasteiger partial charge in [0.1, 0.15) is 12.1 Å². The first-order valence-electron chi connectivity index (χ1n) is 8.03. The molecule has 0 saturated heterocycles. The number of aromatic nitrogens is 2. The molecule has 10 heteroatoms. The van der Waals surface area contributed by atoms with Crippen molar-refractivity contribution in [2.45, 2.75) is 43.9 Å². The fraction of sp³-hybridized carbons (Fsp3) is 0.438. The average Bonchev–Trinajstić information content (AvgIpc) is 3.12. The van der Waals surface area contributed by atoms with Gasteiger partial charge < -0.3 is 16.0 Å². The van der Waals surface area contributed by atoms with Gasteiger partial charge in [0.05, 0.1) is 11.0 Å². The Morgan fingerprint density at radius 1 is 1.27 bits per heavy atom. The molecule has 1 saturated carbocycles. The third-order valence-electron chi connectivity index (χ3n) is 4.66. The molecule has 0 atom stereocenters. The van der Waals surface area contributed by atoms with E-state index in [1.54, 1.807) is 0 Å². The molecule has 0 unspecified atom stereocenters. The predicted octanol–water partition coefficient (Wildman–Crippen LogP) is 1.42. The average molecular weight is 370 g/mol. The minimum atomic E-state index is -4.59. The van der Waals surface area contributed by atoms with Crippen molar-refractivity contribution in [2.75, 3.05) is 0 Å². The van der Waals surface area contributed by atoms with Crippen molar-refractivity contribution in [1.82, 2.24) is 14.9 Å². The molecule has 26 heavy (non-hydrogen) atoms. The quantitative estimate of drug-likeness (QED) is 0.757. The van der Waals surface area contributed by atoms with Crippen LogP contribution in [0.2, 0.25) is 0 Å². The summed E-state index contributed by atoms with van der Waals surface area (Å²) in [6, 6.07) is 3.91. The van der Waals surface area contributed by atoms with Gasteiger partial charge in [0.2, 0.25) is 5.91 Å². The highest BCUT2D eigenvalue weighted by atomic mass is 19.4. The van der Waals surface area contributed by atoms with Crippen LogP contribution in [0.5, 0.6) is 0 Å². The number of hydrogen-bond acceptors (Lipinski definition) is 3. The topological polar surface area (TPSA) is 110 Å². The second-order valence-electron chi connectivity index (χ2n) is 6.47. The summed E-state index contributed by atoms with van der Waals surface area (Å²) >= 11 is 0. The summed E-state index contributed by atoms with van der Waals surface area (Å²) < 4.78 is 38.6. The van der Waals surface area contributed by atoms with E-state index in [2.05, 4.69) is 10.3 Å². The van der Waals surface area contributed by atoms with Crippen molar-refractivity contribution in [1.29, 1.82) is 0 Å². The normalized spacial score (nSPS) is 16.7. The molecule has 3 rings (SSSR count). The first kappa shape index (κ1) is 18.0. The lowest BCUT2D eigenvalue weighted by Crippen LogP contribution is -2.55. The summed E-state index contributed by atoms with van der Waals surface area (Å²) in [7, 11) is 0. The van der Waals surface area contributed by atoms with Crippen LogP contribution >= 0.6 is 0 Å². The van der Waals surface area contributed by atoms with Crippen LogP contribution in [0.15, 0.2) is 23.0 Å². The highest BCUT2D eigenvalue weighted by molar-refractivity contribution is 6.01. The smallest absolute Gasteiger partial charge is 0.368 e. The number of nitrogens with two attached hydrogens (primary N) is 1. The minimum Gasteiger partial charge on any atom is -0.368 e. The lowest BCUT2D eigenvalue weighted by Gasteiger charge is -2.26. The number of alkyl halides is 3. The number of hydrogen-bond donors (Lipinski definition) is 3. The molecule has 0 radical (unpaired) electrons. The molecule has 140 valence electrons. The molecule has 0 bridgehead atoms. The van der Waals surface area contributed by atoms with Gasteiger partial charge in [-0.3, -0.25) is 14.2 Å². The van der Waals surface area contributed by atoms with E-state index in [9.17, 15) is 27.6 Å². The highest BCUT2D eigenvalue weighted by Gasteiger charge is 2.41. The van der Waals surface area contributed by atoms with E-state index in [0.29, 0.717) is 17.4 Å². The Kier molecular flexibility index (Phi) is 4.29. The number of nitrogens with one attached hydrogen (secondary N) is 2. The third kappa shape index (κ3) is 3.31. The van der Waals surface area contributed by atoms with Crippen molar-refractivity contribution in [2.24, 2.45) is 5.73 Å². The Balaban J connectivity index is 1.95. The molecular weight excluding hydrogens is 353 g/mol. The van der Waals surface area contributed by atoms with Crippen molar-refractivity contribution in [3.05, 3.63) is 34.2 Å². The number of fused-ring (bicyclic) bond motifs is 1. The molecule has 1 aromatic heterocycles. The van der Waals surface area contributed by atoms with Gasteiger partial charge in [-0.1, -0.05) is 12.8 Å². The van der Waals surface area contributed by atoms with Crippen LogP contribution in [0.25, 0.3) is 11.0 Å². The summed E-state index contributed by atoms with van der Waals surface area (Å²) in [5.41, 5.74) is 3.54. The maximum Gasteiger partial charge on any atom is 0.406 e. The molecule has 0 spiro atoms. The van der Waals surface area contributed by atoms with Crippen LogP contribution in [0, 0.1) is 0 Å². The third-order valence-corrected chi connectivity index (χ3v) is 4.66. The summed E-state index contributed by atoms with van der Waals surface area (Å²) in [6.45, 7) is -1.47. The van der Waals surface area contributed by atoms with E-state index in [1.807, 2.05) is 0 Å². The first-order valence-corrected chi connectivity index (χ1v) is 8.03. The lowest BCUT2D eigenvalue weighted by atomic mass is 9.96. The molecule has 1 aromatic carbocycles. The predicted molar refractivity (Wildman–Crippen MR) is 86.5 cm³/mol. The van der Waals surface area contributed by atoms with Crippen molar-refractivity contribution < 1.29 is 22.8 Å². The van der Waals surface area contributed by atoms with Gasteiger partial charge in [0, 0.05) is 5.56 Å². The van der Waals surface area contributed by atoms with Crippen LogP contribution in [-0.4, -0.2) is 33.1 Å². The highest BCUT2D eigenvalue weighted by Crippen LogP contribution is 2.30. The van der Waals surface area contributed by atoms with Gasteiger partial charge in [0.25, 0.3) is 5.91 Å². The molecule has 2 amide bonds. The Morgan fingerprint density at radius 3 is 2.50 bits per heavy atom. The van der Waals surface area contributed by atoms with Crippen LogP contribution in [0.3, 0.4) is 0 Å². The second-order valence-corrected chi connectivity index (χ2v) is 6.47. The minimum absolute atomic E-state index is 0.0416. The largest absolute Gasteiger partial charge is 0.406 e. The zero-order valence-electron chi connectivity index (χ0n) is 13.7. The Hall–Kier alpha value is -2.78. The fourth-order valence-electron chi connectivity index (χ4n) is 3.33. The lowest BCUT2D eigenvalue weighted by molar-refractivity contribution is -0.140. The standard InChI is InChI=1S/C16H17F3N4O3/c17-16(18,19)8-23-11-7-9(3-4-10(11)21-14(23)26)12(24)22-15(13(20)25)5-1-2-6-15/h3-4,7H,1-2,5-6,8H2,(H2,20,25)(H,21,26)(H,22,24). The van der Waals surface area contributed by atoms with Gasteiger partial charge >= 0.3 is 11.9 Å². The summed E-state index contributed by atoms with van der Waals surface area (Å²) in [4.78, 5) is 38.3. The molecule has 4 N–H and O–H groups in total. The van der Waals surface area contributed by atoms with Crippen LogP contribution in [-0.2, 0) is 11.3 Å². The molecule has 0 aliphatic heterocycles. The van der Waals surface area contributed by atoms with Crippen molar-refractivity contribution in [3.8, 4) is 0 Å². The monoisotopic (exact) mass is 370 g/mol. The van der Waals surface area contributed by atoms with Gasteiger partial charge in [0.15, 0.2) is 0 Å². The number of benzene rings is 1. The molecular formula is C16H17F3N4O3. The molecule has 1 fully saturated rings. The second kappa shape index (κ2) is 6.19. The van der Waals surface area contributed by atoms with Gasteiger partial charge in [-0.25, -0.2) is 4.79 Å². The zero-order valence-corrected chi connectivity index (χ0v) is 13.7. The number of aromatic amines is 1. The maximum atomic E-state index is 12.7. The van der Waals surface area contributed by atoms with Gasteiger partial charge in [-0.05, 0) is 31.0 Å². The number of primary amides is 1. The molecule has 7 nitrogen and oxygen atoms in total. The van der Waals surface area contributed by atoms with Gasteiger partial charge in [-0.2, -0.15) is 13.2 Å². The number of H-pyrrole nitrogens is 1. The Morgan fingerprint density at radius 2 is 1.92 bits per heavy atom. The van der Waals surface area contributed by atoms with Crippen LogP contribution < -0.4 is 16.7 Å². The number of halogens is 3. The summed E-state index contributed by atoms with van der Waals surface area (Å²) in [5, 5.41) is 2.61. The number of rotatable bonds is 4. The van der Waals surface area contributed by atoms with Crippen molar-refractivity contribution >= 4 is 22.8 Å². The Bertz CT molecular complexity index is 923. The molecule has 1 aliphatic rings. The number of carbonyl (C=O) groups is 2. The molecule has 2 aromatic rings. The van der Waals surface area contributed by atoms with Crippen molar-refractivity contribution in [3.63, 3.8) is 0 Å². The van der Waals surface area contributed by atoms with E-state index in [-0.39, 0.29) is 16.6 Å². The fourth-order valence-corrected chi connectivity index (χ4v) is 3.33. The van der Waals surface area contributed by atoms with E-state index in [1.165, 1.54) is 18.2 Å². The van der Waals surface area contributed by atoms with Gasteiger partial charge in [-0.15, -0.1) is 0 Å². The maximum absolute atomic E-state index is 12.7. The zero-order chi connectivity index (χ0) is 19.1. The van der Waals surface area contributed by atoms with Crippen LogP contribution in [0.4, 0.5) is 13.2 Å². The molecule has 1 heterocycles. The van der Waals surface area contributed by atoms with E-state index < -0.39 is 35.8 Å².